The molecular weight excluding hydrogens is 414 g/mol. The molecule has 3 heterocycles. The van der Waals surface area contributed by atoms with Crippen LogP contribution in [0.25, 0.3) is 0 Å². The Balaban J connectivity index is 1.52. The van der Waals surface area contributed by atoms with Crippen LogP contribution >= 0.6 is 0 Å². The molecule has 3 aliphatic heterocycles. The lowest BCUT2D eigenvalue weighted by Crippen LogP contribution is -2.79. The fourth-order valence-electron chi connectivity index (χ4n) is 6.96. The van der Waals surface area contributed by atoms with Crippen molar-refractivity contribution in [2.75, 3.05) is 26.9 Å². The third-order valence-corrected chi connectivity index (χ3v) is 8.08. The number of amides is 1. The summed E-state index contributed by atoms with van der Waals surface area (Å²) in [5, 5.41) is 12.5. The van der Waals surface area contributed by atoms with E-state index in [9.17, 15) is 9.90 Å². The van der Waals surface area contributed by atoms with E-state index in [1.165, 1.54) is 0 Å². The number of fused-ring (bicyclic) bond motifs is 1. The maximum atomic E-state index is 13.2. The zero-order valence-electron chi connectivity index (χ0n) is 19.1. The number of benzene rings is 1. The Morgan fingerprint density at radius 2 is 1.94 bits per heavy atom. The number of ether oxygens (including phenoxy) is 5. The van der Waals surface area contributed by atoms with E-state index in [0.29, 0.717) is 56.9 Å². The molecule has 1 N–H and O–H groups in total. The third kappa shape index (κ3) is 2.35. The van der Waals surface area contributed by atoms with E-state index >= 15 is 0 Å². The molecule has 2 bridgehead atoms. The molecule has 2 spiro atoms. The van der Waals surface area contributed by atoms with Crippen molar-refractivity contribution in [3.05, 3.63) is 23.3 Å². The van der Waals surface area contributed by atoms with Gasteiger partial charge < -0.3 is 33.7 Å². The summed E-state index contributed by atoms with van der Waals surface area (Å²) in [4.78, 5) is 14.9. The van der Waals surface area contributed by atoms with Gasteiger partial charge in [0.25, 0.3) is 0 Å². The lowest BCUT2D eigenvalue weighted by atomic mass is 9.48. The minimum absolute atomic E-state index is 0.382. The first-order valence-electron chi connectivity index (χ1n) is 11.5. The van der Waals surface area contributed by atoms with Crippen LogP contribution in [-0.2, 0) is 26.0 Å². The van der Waals surface area contributed by atoms with Crippen molar-refractivity contribution in [1.82, 2.24) is 4.90 Å². The second kappa shape index (κ2) is 6.30. The summed E-state index contributed by atoms with van der Waals surface area (Å²) in [5.74, 6) is 0.428. The summed E-state index contributed by atoms with van der Waals surface area (Å²) in [6.45, 7) is 7.05. The van der Waals surface area contributed by atoms with Crippen molar-refractivity contribution >= 4 is 6.09 Å². The fraction of sp³-hybridized carbons (Fsp3) is 0.708. The number of aliphatic hydroxyl groups is 1. The van der Waals surface area contributed by atoms with E-state index in [1.807, 2.05) is 32.9 Å². The number of hydrogen-bond acceptors (Lipinski definition) is 7. The van der Waals surface area contributed by atoms with Gasteiger partial charge in [0, 0.05) is 18.5 Å². The molecule has 1 aromatic carbocycles. The van der Waals surface area contributed by atoms with Gasteiger partial charge in [-0.25, -0.2) is 4.79 Å². The lowest BCUT2D eigenvalue weighted by Gasteiger charge is -2.64. The van der Waals surface area contributed by atoms with Gasteiger partial charge in [-0.15, -0.1) is 0 Å². The Labute approximate surface area is 187 Å². The Hall–Kier alpha value is -2.03. The molecule has 1 amide bonds. The highest BCUT2D eigenvalue weighted by Gasteiger charge is 2.78. The van der Waals surface area contributed by atoms with Gasteiger partial charge >= 0.3 is 6.09 Å². The number of hydrogen-bond donors (Lipinski definition) is 1. The number of piperidine rings is 1. The topological polar surface area (TPSA) is 86.7 Å². The Morgan fingerprint density at radius 1 is 1.19 bits per heavy atom. The number of carbonyl (C=O) groups is 1. The maximum absolute atomic E-state index is 13.2. The van der Waals surface area contributed by atoms with Crippen LogP contribution in [0, 0.1) is 0 Å². The van der Waals surface area contributed by atoms with Crippen LogP contribution < -0.4 is 9.47 Å². The predicted octanol–water partition coefficient (Wildman–Crippen LogP) is 2.53. The summed E-state index contributed by atoms with van der Waals surface area (Å²) >= 11 is 0. The quantitative estimate of drug-likeness (QED) is 0.711. The summed E-state index contributed by atoms with van der Waals surface area (Å²) < 4.78 is 30.3. The van der Waals surface area contributed by atoms with Gasteiger partial charge in [-0.3, -0.25) is 0 Å². The molecule has 174 valence electrons. The Morgan fingerprint density at radius 3 is 2.62 bits per heavy atom. The van der Waals surface area contributed by atoms with E-state index in [0.717, 1.165) is 11.1 Å². The van der Waals surface area contributed by atoms with Gasteiger partial charge in [-0.2, -0.15) is 0 Å². The maximum Gasteiger partial charge on any atom is 0.410 e. The van der Waals surface area contributed by atoms with E-state index in [1.54, 1.807) is 12.0 Å². The molecule has 8 heteroatoms. The van der Waals surface area contributed by atoms with E-state index in [4.69, 9.17) is 23.7 Å². The zero-order chi connectivity index (χ0) is 22.5. The van der Waals surface area contributed by atoms with Crippen LogP contribution in [0.2, 0.25) is 0 Å². The molecule has 32 heavy (non-hydrogen) atoms. The number of likely N-dealkylation sites (tertiary alicyclic amines) is 1. The molecule has 8 nitrogen and oxygen atoms in total. The van der Waals surface area contributed by atoms with Crippen LogP contribution in [-0.4, -0.2) is 72.1 Å². The molecule has 1 aromatic rings. The third-order valence-electron chi connectivity index (χ3n) is 8.08. The minimum atomic E-state index is -1.18. The summed E-state index contributed by atoms with van der Waals surface area (Å²) in [6, 6.07) is 3.53. The molecule has 0 aromatic heterocycles. The van der Waals surface area contributed by atoms with Gasteiger partial charge in [0.2, 0.25) is 5.79 Å². The van der Waals surface area contributed by atoms with E-state index in [-0.39, 0.29) is 6.09 Å². The highest BCUT2D eigenvalue weighted by atomic mass is 16.8. The first-order chi connectivity index (χ1) is 15.2. The molecule has 5 aliphatic rings. The monoisotopic (exact) mass is 445 g/mol. The molecule has 4 atom stereocenters. The molecule has 3 fully saturated rings. The van der Waals surface area contributed by atoms with Crippen molar-refractivity contribution in [2.45, 2.75) is 81.0 Å². The Kier molecular flexibility index (Phi) is 4.05. The van der Waals surface area contributed by atoms with Crippen LogP contribution in [0.15, 0.2) is 12.1 Å². The van der Waals surface area contributed by atoms with Gasteiger partial charge in [-0.1, -0.05) is 6.07 Å². The zero-order valence-corrected chi connectivity index (χ0v) is 19.1. The van der Waals surface area contributed by atoms with E-state index < -0.39 is 34.6 Å². The summed E-state index contributed by atoms with van der Waals surface area (Å²) in [5.41, 5.74) is -0.457. The van der Waals surface area contributed by atoms with Gasteiger partial charge in [0.05, 0.1) is 37.4 Å². The number of rotatable bonds is 1. The molecule has 0 radical (unpaired) electrons. The minimum Gasteiger partial charge on any atom is -0.493 e. The number of carbonyl (C=O) groups excluding carboxylic acids is 1. The van der Waals surface area contributed by atoms with Crippen LogP contribution in [0.1, 0.15) is 51.2 Å². The second-order valence-corrected chi connectivity index (χ2v) is 10.7. The lowest BCUT2D eigenvalue weighted by molar-refractivity contribution is -0.294. The van der Waals surface area contributed by atoms with Crippen LogP contribution in [0.5, 0.6) is 11.5 Å². The summed E-state index contributed by atoms with van der Waals surface area (Å²) in [6.07, 6.45) is 1.13. The first kappa shape index (κ1) is 20.6. The van der Waals surface area contributed by atoms with Gasteiger partial charge in [-0.05, 0) is 51.7 Å². The molecular formula is C24H31NO7. The second-order valence-electron chi connectivity index (χ2n) is 10.7. The Bertz CT molecular complexity index is 981. The molecule has 1 saturated carbocycles. The van der Waals surface area contributed by atoms with Gasteiger partial charge in [0.15, 0.2) is 17.6 Å². The molecule has 2 aliphatic carbocycles. The number of methoxy groups -OCH3 is 1. The number of nitrogens with zero attached hydrogens (tertiary/aromatic N) is 1. The largest absolute Gasteiger partial charge is 0.493 e. The van der Waals surface area contributed by atoms with Crippen molar-refractivity contribution in [1.29, 1.82) is 0 Å². The highest BCUT2D eigenvalue weighted by molar-refractivity contribution is 5.71. The van der Waals surface area contributed by atoms with Crippen LogP contribution in [0.4, 0.5) is 4.79 Å². The average Bonchev–Trinajstić information content (AvgIpc) is 3.32. The smallest absolute Gasteiger partial charge is 0.410 e. The first-order valence-corrected chi connectivity index (χ1v) is 11.5. The summed E-state index contributed by atoms with van der Waals surface area (Å²) in [7, 11) is 1.63. The highest BCUT2D eigenvalue weighted by Crippen LogP contribution is 2.68. The normalized spacial score (nSPS) is 36.0. The predicted molar refractivity (Wildman–Crippen MR) is 113 cm³/mol. The fourth-order valence-corrected chi connectivity index (χ4v) is 6.96. The van der Waals surface area contributed by atoms with Crippen molar-refractivity contribution < 1.29 is 33.6 Å². The van der Waals surface area contributed by atoms with Crippen LogP contribution in [0.3, 0.4) is 0 Å². The van der Waals surface area contributed by atoms with Crippen molar-refractivity contribution in [2.24, 2.45) is 0 Å². The molecule has 2 saturated heterocycles. The van der Waals surface area contributed by atoms with Crippen molar-refractivity contribution in [3.8, 4) is 11.5 Å². The van der Waals surface area contributed by atoms with Crippen molar-refractivity contribution in [3.63, 3.8) is 0 Å². The average molecular weight is 446 g/mol. The van der Waals surface area contributed by atoms with E-state index in [2.05, 4.69) is 0 Å². The standard InChI is InChI=1S/C24H31NO7/c1-21(2,3)32-20(26)25-10-9-22-17-14-5-6-15(28-4)18(17)31-19(22)24(29-11-12-30-24)8-7-23(22,27)16(25)13-14/h5-6,16,19,27H,7-13H2,1-4H3/t16-,19-,22+,23-/m1/s1. The van der Waals surface area contributed by atoms with Gasteiger partial charge in [0.1, 0.15) is 5.60 Å². The SMILES string of the molecule is COc1ccc2c3c1O[C@H]1C4(CC[C@@]5(O)[C@@H](C2)N(C(=O)OC(C)(C)C)CC[C@]315)OCCO4. The molecule has 0 unspecified atom stereocenters. The molecule has 6 rings (SSSR count).